The molecule has 0 bridgehead atoms. The number of carbonyl (C=O) groups is 1. The van der Waals surface area contributed by atoms with Gasteiger partial charge in [0.2, 0.25) is 0 Å². The molecule has 5 nitrogen and oxygen atoms in total. The van der Waals surface area contributed by atoms with Crippen molar-refractivity contribution in [1.29, 1.82) is 0 Å². The van der Waals surface area contributed by atoms with E-state index in [4.69, 9.17) is 5.73 Å². The average Bonchev–Trinajstić information content (AvgIpc) is 2.38. The first kappa shape index (κ1) is 15.7. The van der Waals surface area contributed by atoms with E-state index in [2.05, 4.69) is 4.98 Å². The van der Waals surface area contributed by atoms with Crippen LogP contribution in [0.1, 0.15) is 30.1 Å². The number of pyridine rings is 1. The number of nitrogens with zero attached hydrogens (tertiary/aromatic N) is 2. The molecule has 6 heteroatoms. The van der Waals surface area contributed by atoms with Crippen LogP contribution in [0.2, 0.25) is 0 Å². The zero-order chi connectivity index (χ0) is 13.1. The molecule has 1 aromatic heterocycles. The molecule has 0 radical (unpaired) electrons. The Kier molecular flexibility index (Phi) is 5.57. The summed E-state index contributed by atoms with van der Waals surface area (Å²) in [7, 11) is 0. The van der Waals surface area contributed by atoms with Gasteiger partial charge in [0.25, 0.3) is 5.91 Å². The molecule has 3 N–H and O–H groups in total. The fraction of sp³-hybridized carbons (Fsp3) is 0.538. The van der Waals surface area contributed by atoms with Crippen molar-refractivity contribution >= 4 is 24.0 Å². The molecule has 0 aromatic carbocycles. The van der Waals surface area contributed by atoms with E-state index in [9.17, 15) is 9.90 Å². The van der Waals surface area contributed by atoms with Gasteiger partial charge >= 0.3 is 0 Å². The summed E-state index contributed by atoms with van der Waals surface area (Å²) in [6.45, 7) is 3.15. The van der Waals surface area contributed by atoms with Crippen LogP contribution in [0.5, 0.6) is 0 Å². The summed E-state index contributed by atoms with van der Waals surface area (Å²) in [6, 6.07) is 1.63. The second-order valence-corrected chi connectivity index (χ2v) is 4.83. The monoisotopic (exact) mass is 285 g/mol. The Morgan fingerprint density at radius 2 is 2.16 bits per heavy atom. The normalized spacial score (nSPS) is 17.7. The number of hydrogen-bond donors (Lipinski definition) is 2. The number of halogens is 1. The quantitative estimate of drug-likeness (QED) is 0.859. The minimum atomic E-state index is -0.300. The molecule has 1 aliphatic rings. The van der Waals surface area contributed by atoms with Crippen molar-refractivity contribution in [3.8, 4) is 0 Å². The molecule has 19 heavy (non-hydrogen) atoms. The molecule has 1 unspecified atom stereocenters. The van der Waals surface area contributed by atoms with Crippen LogP contribution in [-0.4, -0.2) is 40.1 Å². The molecule has 1 saturated heterocycles. The lowest BCUT2D eigenvalue weighted by Crippen LogP contribution is -2.41. The Balaban J connectivity index is 0.00000180. The van der Waals surface area contributed by atoms with Crippen molar-refractivity contribution in [3.05, 3.63) is 24.0 Å². The van der Waals surface area contributed by atoms with Gasteiger partial charge < -0.3 is 15.7 Å². The molecular formula is C13H20ClN3O2. The number of rotatable bonds is 2. The number of anilines is 1. The highest BCUT2D eigenvalue weighted by Gasteiger charge is 2.26. The SMILES string of the molecule is CC(O)C1CCN(C(=O)c2cnccc2N)CC1.Cl. The third-order valence-corrected chi connectivity index (χ3v) is 3.59. The van der Waals surface area contributed by atoms with Crippen molar-refractivity contribution in [3.63, 3.8) is 0 Å². The topological polar surface area (TPSA) is 79.5 Å². The van der Waals surface area contributed by atoms with E-state index in [1.54, 1.807) is 24.1 Å². The van der Waals surface area contributed by atoms with Gasteiger partial charge in [-0.15, -0.1) is 12.4 Å². The smallest absolute Gasteiger partial charge is 0.257 e. The van der Waals surface area contributed by atoms with Crippen LogP contribution in [0, 0.1) is 5.92 Å². The largest absolute Gasteiger partial charge is 0.398 e. The number of amides is 1. The lowest BCUT2D eigenvalue weighted by Gasteiger charge is -2.33. The summed E-state index contributed by atoms with van der Waals surface area (Å²) >= 11 is 0. The maximum Gasteiger partial charge on any atom is 0.257 e. The van der Waals surface area contributed by atoms with Gasteiger partial charge in [-0.05, 0) is 31.7 Å². The van der Waals surface area contributed by atoms with E-state index >= 15 is 0 Å². The van der Waals surface area contributed by atoms with Gasteiger partial charge in [-0.2, -0.15) is 0 Å². The predicted octanol–water partition coefficient (Wildman–Crippen LogP) is 1.32. The van der Waals surface area contributed by atoms with Crippen molar-refractivity contribution in [2.45, 2.75) is 25.9 Å². The Hall–Kier alpha value is -1.33. The molecule has 0 aliphatic carbocycles. The van der Waals surface area contributed by atoms with Gasteiger partial charge in [0.15, 0.2) is 0 Å². The molecular weight excluding hydrogens is 266 g/mol. The molecule has 1 fully saturated rings. The second kappa shape index (κ2) is 6.73. The number of aliphatic hydroxyl groups excluding tert-OH is 1. The first-order valence-corrected chi connectivity index (χ1v) is 6.26. The molecule has 1 aromatic rings. The summed E-state index contributed by atoms with van der Waals surface area (Å²) in [4.78, 5) is 18.0. The van der Waals surface area contributed by atoms with Crippen LogP contribution < -0.4 is 5.73 Å². The van der Waals surface area contributed by atoms with Crippen molar-refractivity contribution in [2.75, 3.05) is 18.8 Å². The van der Waals surface area contributed by atoms with Crippen molar-refractivity contribution < 1.29 is 9.90 Å². The van der Waals surface area contributed by atoms with Crippen molar-refractivity contribution in [2.24, 2.45) is 5.92 Å². The summed E-state index contributed by atoms with van der Waals surface area (Å²) in [6.07, 6.45) is 4.46. The van der Waals surface area contributed by atoms with Gasteiger partial charge in [-0.25, -0.2) is 0 Å². The van der Waals surface area contributed by atoms with Crippen LogP contribution in [0.3, 0.4) is 0 Å². The number of nitrogen functional groups attached to an aromatic ring is 1. The van der Waals surface area contributed by atoms with E-state index in [1.807, 2.05) is 0 Å². The van der Waals surface area contributed by atoms with Gasteiger partial charge in [0, 0.05) is 31.2 Å². The minimum Gasteiger partial charge on any atom is -0.398 e. The van der Waals surface area contributed by atoms with Crippen LogP contribution >= 0.6 is 12.4 Å². The average molecular weight is 286 g/mol. The third-order valence-electron chi connectivity index (χ3n) is 3.59. The molecule has 2 rings (SSSR count). The van der Waals surface area contributed by atoms with E-state index < -0.39 is 0 Å². The summed E-state index contributed by atoms with van der Waals surface area (Å²) in [5.74, 6) is 0.227. The molecule has 1 aliphatic heterocycles. The van der Waals surface area contributed by atoms with Crippen LogP contribution in [0.4, 0.5) is 5.69 Å². The van der Waals surface area contributed by atoms with Crippen LogP contribution in [0.15, 0.2) is 18.5 Å². The highest BCUT2D eigenvalue weighted by atomic mass is 35.5. The Labute approximate surface area is 119 Å². The summed E-state index contributed by atoms with van der Waals surface area (Å²) in [5, 5.41) is 9.53. The van der Waals surface area contributed by atoms with Crippen molar-refractivity contribution in [1.82, 2.24) is 9.88 Å². The number of carbonyl (C=O) groups excluding carboxylic acids is 1. The first-order chi connectivity index (χ1) is 8.59. The van der Waals surface area contributed by atoms with E-state index in [-0.39, 0.29) is 24.4 Å². The predicted molar refractivity (Wildman–Crippen MR) is 76.2 cm³/mol. The second-order valence-electron chi connectivity index (χ2n) is 4.83. The third kappa shape index (κ3) is 3.58. The van der Waals surface area contributed by atoms with Gasteiger partial charge in [0.1, 0.15) is 0 Å². The lowest BCUT2D eigenvalue weighted by molar-refractivity contribution is 0.0522. The lowest BCUT2D eigenvalue weighted by atomic mass is 9.92. The Morgan fingerprint density at radius 1 is 1.53 bits per heavy atom. The number of piperidine rings is 1. The number of likely N-dealkylation sites (tertiary alicyclic amines) is 1. The zero-order valence-electron chi connectivity index (χ0n) is 11.0. The van der Waals surface area contributed by atoms with Crippen LogP contribution in [0.25, 0.3) is 0 Å². The van der Waals surface area contributed by atoms with Gasteiger partial charge in [-0.1, -0.05) is 0 Å². The molecule has 0 saturated carbocycles. The fourth-order valence-electron chi connectivity index (χ4n) is 2.34. The molecule has 106 valence electrons. The summed E-state index contributed by atoms with van der Waals surface area (Å²) < 4.78 is 0. The number of nitrogens with two attached hydrogens (primary N) is 1. The molecule has 2 heterocycles. The highest BCUT2D eigenvalue weighted by molar-refractivity contribution is 5.98. The van der Waals surface area contributed by atoms with E-state index in [0.29, 0.717) is 30.3 Å². The molecule has 0 spiro atoms. The fourth-order valence-corrected chi connectivity index (χ4v) is 2.34. The maximum atomic E-state index is 12.2. The number of aliphatic hydroxyl groups is 1. The highest BCUT2D eigenvalue weighted by Crippen LogP contribution is 2.22. The maximum absolute atomic E-state index is 12.2. The van der Waals surface area contributed by atoms with E-state index in [0.717, 1.165) is 12.8 Å². The number of aromatic nitrogens is 1. The molecule has 1 amide bonds. The Bertz CT molecular complexity index is 432. The van der Waals surface area contributed by atoms with Crippen LogP contribution in [-0.2, 0) is 0 Å². The van der Waals surface area contributed by atoms with Gasteiger partial charge in [0.05, 0.1) is 11.7 Å². The Morgan fingerprint density at radius 3 is 2.68 bits per heavy atom. The van der Waals surface area contributed by atoms with Gasteiger partial charge in [-0.3, -0.25) is 9.78 Å². The molecule has 1 atom stereocenters. The minimum absolute atomic E-state index is 0. The van der Waals surface area contributed by atoms with E-state index in [1.165, 1.54) is 6.20 Å². The zero-order valence-corrected chi connectivity index (χ0v) is 11.8. The summed E-state index contributed by atoms with van der Waals surface area (Å²) in [5.41, 5.74) is 6.71. The number of hydrogen-bond acceptors (Lipinski definition) is 4. The first-order valence-electron chi connectivity index (χ1n) is 6.26. The standard InChI is InChI=1S/C13H19N3O2.ClH/c1-9(17)10-3-6-16(7-4-10)13(18)11-8-15-5-2-12(11)14;/h2,5,8-10,17H,3-4,6-7H2,1H3,(H2,14,15);1H.